The number of carbonyl (C=O) groups excluding carboxylic acids is 1. The standard InChI is InChI=1S/C25H26N2O3S/c1-25(2,3)30-24(29)27-15-7-13-20(27)23-26-22(21(31-23)14-8-16-28)19-12-6-10-17-9-4-5-11-18(17)19/h4-6,9-12,20,28H,7,13,15-16H2,1-3H3/t20-/m0/s1. The van der Waals surface area contributed by atoms with Gasteiger partial charge in [-0.3, -0.25) is 4.90 Å². The molecule has 1 atom stereocenters. The molecule has 1 saturated heterocycles. The first-order valence-corrected chi connectivity index (χ1v) is 11.3. The van der Waals surface area contributed by atoms with Gasteiger partial charge >= 0.3 is 6.09 Å². The summed E-state index contributed by atoms with van der Waals surface area (Å²) in [5, 5.41) is 12.3. The van der Waals surface area contributed by atoms with Crippen LogP contribution in [0.2, 0.25) is 0 Å². The lowest BCUT2D eigenvalue weighted by atomic mass is 10.0. The number of amides is 1. The second-order valence-electron chi connectivity index (χ2n) is 8.55. The average Bonchev–Trinajstić information content (AvgIpc) is 3.37. The topological polar surface area (TPSA) is 62.7 Å². The van der Waals surface area contributed by atoms with Crippen LogP contribution >= 0.6 is 11.3 Å². The molecular weight excluding hydrogens is 408 g/mol. The Morgan fingerprint density at radius 3 is 2.81 bits per heavy atom. The Hall–Kier alpha value is -2.88. The number of rotatable bonds is 2. The van der Waals surface area contributed by atoms with Crippen molar-refractivity contribution < 1.29 is 14.6 Å². The molecule has 1 N–H and O–H groups in total. The minimum Gasteiger partial charge on any atom is -0.444 e. The SMILES string of the molecule is CC(C)(C)OC(=O)N1CCC[C@H]1c1nc(-c2cccc3ccccc23)c(C#CCO)s1. The van der Waals surface area contributed by atoms with E-state index in [1.807, 2.05) is 45.0 Å². The number of hydrogen-bond donors (Lipinski definition) is 1. The lowest BCUT2D eigenvalue weighted by Gasteiger charge is -2.27. The first-order valence-electron chi connectivity index (χ1n) is 10.5. The second-order valence-corrected chi connectivity index (χ2v) is 9.58. The first kappa shape index (κ1) is 21.4. The quantitative estimate of drug-likeness (QED) is 0.550. The molecule has 2 aromatic carbocycles. The number of carbonyl (C=O) groups is 1. The Balaban J connectivity index is 1.77. The zero-order chi connectivity index (χ0) is 22.0. The van der Waals surface area contributed by atoms with E-state index in [1.165, 1.54) is 11.3 Å². The monoisotopic (exact) mass is 434 g/mol. The predicted molar refractivity (Wildman–Crippen MR) is 124 cm³/mol. The van der Waals surface area contributed by atoms with Crippen molar-refractivity contribution in [1.82, 2.24) is 9.88 Å². The predicted octanol–water partition coefficient (Wildman–Crippen LogP) is 5.38. The molecule has 1 fully saturated rings. The highest BCUT2D eigenvalue weighted by molar-refractivity contribution is 7.12. The van der Waals surface area contributed by atoms with Gasteiger partial charge in [-0.25, -0.2) is 9.78 Å². The number of likely N-dealkylation sites (tertiary alicyclic amines) is 1. The van der Waals surface area contributed by atoms with E-state index in [1.54, 1.807) is 4.90 Å². The van der Waals surface area contributed by atoms with Gasteiger partial charge in [-0.1, -0.05) is 54.3 Å². The van der Waals surface area contributed by atoms with Gasteiger partial charge in [0.25, 0.3) is 0 Å². The molecule has 1 aromatic heterocycles. The fourth-order valence-electron chi connectivity index (χ4n) is 3.86. The lowest BCUT2D eigenvalue weighted by molar-refractivity contribution is 0.0224. The molecule has 0 spiro atoms. The van der Waals surface area contributed by atoms with E-state index in [0.29, 0.717) is 6.54 Å². The summed E-state index contributed by atoms with van der Waals surface area (Å²) in [7, 11) is 0. The largest absolute Gasteiger partial charge is 0.444 e. The van der Waals surface area contributed by atoms with Crippen LogP contribution in [-0.4, -0.2) is 39.8 Å². The van der Waals surface area contributed by atoms with Gasteiger partial charge in [-0.2, -0.15) is 0 Å². The molecule has 0 aliphatic carbocycles. The molecule has 6 heteroatoms. The smallest absolute Gasteiger partial charge is 0.410 e. The van der Waals surface area contributed by atoms with Crippen molar-refractivity contribution in [3.8, 4) is 23.1 Å². The maximum Gasteiger partial charge on any atom is 0.410 e. The number of ether oxygens (including phenoxy) is 1. The zero-order valence-electron chi connectivity index (χ0n) is 18.0. The minimum atomic E-state index is -0.543. The molecule has 0 radical (unpaired) electrons. The number of aromatic nitrogens is 1. The van der Waals surface area contributed by atoms with Gasteiger partial charge in [0.2, 0.25) is 0 Å². The van der Waals surface area contributed by atoms with Gasteiger partial charge < -0.3 is 9.84 Å². The number of nitrogens with zero attached hydrogens (tertiary/aromatic N) is 2. The normalized spacial score (nSPS) is 16.3. The van der Waals surface area contributed by atoms with Crippen LogP contribution in [0.15, 0.2) is 42.5 Å². The highest BCUT2D eigenvalue weighted by Gasteiger charge is 2.35. The van der Waals surface area contributed by atoms with E-state index in [4.69, 9.17) is 9.72 Å². The van der Waals surface area contributed by atoms with Crippen LogP contribution < -0.4 is 0 Å². The molecule has 31 heavy (non-hydrogen) atoms. The van der Waals surface area contributed by atoms with Gasteiger partial charge in [0.05, 0.1) is 11.7 Å². The van der Waals surface area contributed by atoms with E-state index in [2.05, 4.69) is 30.0 Å². The third-order valence-electron chi connectivity index (χ3n) is 5.14. The highest BCUT2D eigenvalue weighted by atomic mass is 32.1. The summed E-state index contributed by atoms with van der Waals surface area (Å²) in [4.78, 5) is 20.3. The number of hydrogen-bond acceptors (Lipinski definition) is 5. The maximum absolute atomic E-state index is 12.8. The summed E-state index contributed by atoms with van der Waals surface area (Å²) in [6, 6.07) is 14.2. The van der Waals surface area contributed by atoms with Gasteiger partial charge in [-0.15, -0.1) is 11.3 Å². The van der Waals surface area contributed by atoms with E-state index in [9.17, 15) is 9.90 Å². The number of aliphatic hydroxyl groups excluding tert-OH is 1. The van der Waals surface area contributed by atoms with E-state index >= 15 is 0 Å². The number of benzene rings is 2. The van der Waals surface area contributed by atoms with Crippen LogP contribution in [0.1, 0.15) is 49.5 Å². The highest BCUT2D eigenvalue weighted by Crippen LogP contribution is 2.40. The average molecular weight is 435 g/mol. The van der Waals surface area contributed by atoms with Crippen LogP contribution in [-0.2, 0) is 4.74 Å². The minimum absolute atomic E-state index is 0.127. The molecule has 0 bridgehead atoms. The molecule has 2 heterocycles. The zero-order valence-corrected chi connectivity index (χ0v) is 18.8. The Morgan fingerprint density at radius 2 is 2.03 bits per heavy atom. The molecule has 5 nitrogen and oxygen atoms in total. The molecule has 0 saturated carbocycles. The van der Waals surface area contributed by atoms with E-state index in [-0.39, 0.29) is 18.7 Å². The van der Waals surface area contributed by atoms with Gasteiger partial charge in [-0.05, 0) is 44.4 Å². The molecule has 0 unspecified atom stereocenters. The van der Waals surface area contributed by atoms with Crippen molar-refractivity contribution in [3.05, 3.63) is 52.3 Å². The van der Waals surface area contributed by atoms with Crippen LogP contribution in [0, 0.1) is 11.8 Å². The molecule has 4 rings (SSSR count). The van der Waals surface area contributed by atoms with Crippen LogP contribution in [0.5, 0.6) is 0 Å². The van der Waals surface area contributed by atoms with Crippen molar-refractivity contribution in [1.29, 1.82) is 0 Å². The second kappa shape index (κ2) is 8.70. The molecule has 160 valence electrons. The summed E-state index contributed by atoms with van der Waals surface area (Å²) < 4.78 is 5.62. The van der Waals surface area contributed by atoms with Crippen molar-refractivity contribution in [2.75, 3.05) is 13.2 Å². The van der Waals surface area contributed by atoms with Gasteiger partial charge in [0.1, 0.15) is 22.1 Å². The maximum atomic E-state index is 12.8. The fraction of sp³-hybridized carbons (Fsp3) is 0.360. The molecule has 1 amide bonds. The van der Waals surface area contributed by atoms with E-state index in [0.717, 1.165) is 44.8 Å². The van der Waals surface area contributed by atoms with Crippen molar-refractivity contribution >= 4 is 28.2 Å². The fourth-order valence-corrected chi connectivity index (χ4v) is 4.96. The third-order valence-corrected chi connectivity index (χ3v) is 6.21. The number of fused-ring (bicyclic) bond motifs is 1. The van der Waals surface area contributed by atoms with Crippen LogP contribution in [0.25, 0.3) is 22.0 Å². The molecule has 1 aliphatic heterocycles. The Bertz CT molecular complexity index is 1160. The Morgan fingerprint density at radius 1 is 1.26 bits per heavy atom. The number of aliphatic hydroxyl groups is 1. The Kier molecular flexibility index (Phi) is 5.99. The molecule has 3 aromatic rings. The van der Waals surface area contributed by atoms with E-state index < -0.39 is 5.60 Å². The van der Waals surface area contributed by atoms with Crippen molar-refractivity contribution in [2.45, 2.75) is 45.3 Å². The summed E-state index contributed by atoms with van der Waals surface area (Å²) in [6.45, 7) is 6.07. The summed E-state index contributed by atoms with van der Waals surface area (Å²) in [5.74, 6) is 5.84. The van der Waals surface area contributed by atoms with Crippen molar-refractivity contribution in [2.24, 2.45) is 0 Å². The van der Waals surface area contributed by atoms with Crippen LogP contribution in [0.4, 0.5) is 4.79 Å². The lowest BCUT2D eigenvalue weighted by Crippen LogP contribution is -2.36. The molecule has 1 aliphatic rings. The third kappa shape index (κ3) is 4.58. The Labute approximate surface area is 186 Å². The first-order chi connectivity index (χ1) is 14.9. The summed E-state index contributed by atoms with van der Waals surface area (Å²) >= 11 is 1.49. The number of thiazole rings is 1. The summed E-state index contributed by atoms with van der Waals surface area (Å²) in [5.41, 5.74) is 1.26. The van der Waals surface area contributed by atoms with Crippen LogP contribution in [0.3, 0.4) is 0 Å². The van der Waals surface area contributed by atoms with Gasteiger partial charge in [0.15, 0.2) is 0 Å². The molecular formula is C25H26N2O3S. The van der Waals surface area contributed by atoms with Crippen molar-refractivity contribution in [3.63, 3.8) is 0 Å². The van der Waals surface area contributed by atoms with Gasteiger partial charge in [0, 0.05) is 12.1 Å². The summed E-state index contributed by atoms with van der Waals surface area (Å²) in [6.07, 6.45) is 1.44.